The summed E-state index contributed by atoms with van der Waals surface area (Å²) in [5, 5.41) is 2.61. The van der Waals surface area contributed by atoms with Crippen LogP contribution in [0.2, 0.25) is 0 Å². The summed E-state index contributed by atoms with van der Waals surface area (Å²) in [6, 6.07) is 2.58. The van der Waals surface area contributed by atoms with E-state index in [0.29, 0.717) is 5.69 Å². The molecular weight excluding hydrogens is 249 g/mol. The third-order valence-corrected chi connectivity index (χ3v) is 2.03. The molecule has 0 fully saturated rings. The predicted octanol–water partition coefficient (Wildman–Crippen LogP) is 2.22. The van der Waals surface area contributed by atoms with Crippen LogP contribution in [0.4, 0.5) is 13.2 Å². The summed E-state index contributed by atoms with van der Waals surface area (Å²) in [6.07, 6.45) is -3.18. The number of aromatic nitrogens is 1. The lowest BCUT2D eigenvalue weighted by atomic mass is 10.2. The van der Waals surface area contributed by atoms with Crippen LogP contribution in [0.5, 0.6) is 5.75 Å². The third-order valence-electron chi connectivity index (χ3n) is 2.03. The number of halogens is 3. The Labute approximate surface area is 102 Å². The molecule has 0 saturated heterocycles. The molecule has 0 radical (unpaired) electrons. The summed E-state index contributed by atoms with van der Waals surface area (Å²) in [4.78, 5) is 14.7. The first-order chi connectivity index (χ1) is 8.28. The summed E-state index contributed by atoms with van der Waals surface area (Å²) < 4.78 is 40.2. The first-order valence-electron chi connectivity index (χ1n) is 5.20. The van der Waals surface area contributed by atoms with Gasteiger partial charge in [-0.25, -0.2) is 0 Å². The molecule has 1 aromatic rings. The van der Waals surface area contributed by atoms with Crippen molar-refractivity contribution in [3.8, 4) is 5.75 Å². The zero-order valence-corrected chi connectivity index (χ0v) is 9.91. The lowest BCUT2D eigenvalue weighted by molar-refractivity contribution is -0.153. The minimum atomic E-state index is -4.37. The van der Waals surface area contributed by atoms with Gasteiger partial charge in [0.15, 0.2) is 6.61 Å². The minimum absolute atomic E-state index is 0.0334. The minimum Gasteiger partial charge on any atom is -0.483 e. The van der Waals surface area contributed by atoms with E-state index in [1.165, 1.54) is 25.3 Å². The second-order valence-electron chi connectivity index (χ2n) is 3.74. The summed E-state index contributed by atoms with van der Waals surface area (Å²) in [5.74, 6) is -0.173. The summed E-state index contributed by atoms with van der Waals surface area (Å²) in [6.45, 7) is 1.74. The molecule has 0 unspecified atom stereocenters. The van der Waals surface area contributed by atoms with Crippen molar-refractivity contribution in [1.29, 1.82) is 0 Å². The number of carbonyl (C=O) groups excluding carboxylic acids is 1. The molecule has 1 atom stereocenters. The van der Waals surface area contributed by atoms with Gasteiger partial charge in [0.25, 0.3) is 0 Å². The van der Waals surface area contributed by atoms with Crippen LogP contribution in [0.3, 0.4) is 0 Å². The predicted molar refractivity (Wildman–Crippen MR) is 58.0 cm³/mol. The number of alkyl halides is 3. The summed E-state index contributed by atoms with van der Waals surface area (Å²) in [5.41, 5.74) is 0.546. The van der Waals surface area contributed by atoms with Crippen LogP contribution in [-0.4, -0.2) is 23.7 Å². The maximum absolute atomic E-state index is 11.9. The molecule has 0 aliphatic carbocycles. The second-order valence-corrected chi connectivity index (χ2v) is 3.74. The fourth-order valence-electron chi connectivity index (χ4n) is 1.28. The average molecular weight is 262 g/mol. The molecule has 0 bridgehead atoms. The van der Waals surface area contributed by atoms with Crippen molar-refractivity contribution in [1.82, 2.24) is 10.3 Å². The van der Waals surface area contributed by atoms with Crippen molar-refractivity contribution in [2.45, 2.75) is 26.1 Å². The molecule has 18 heavy (non-hydrogen) atoms. The molecular formula is C11H13F3N2O2. The number of nitrogens with one attached hydrogen (secondary N) is 1. The normalized spacial score (nSPS) is 12.9. The highest BCUT2D eigenvalue weighted by Gasteiger charge is 2.28. The van der Waals surface area contributed by atoms with Crippen LogP contribution in [0.15, 0.2) is 18.3 Å². The molecule has 0 aliphatic heterocycles. The molecule has 0 spiro atoms. The maximum Gasteiger partial charge on any atom is 0.422 e. The molecule has 1 heterocycles. The number of carbonyl (C=O) groups is 1. The SMILES string of the molecule is CC(=O)N[C@H](C)c1ccc(OCC(F)(F)F)cn1. The van der Waals surface area contributed by atoms with Gasteiger partial charge in [-0.2, -0.15) is 13.2 Å². The second kappa shape index (κ2) is 5.70. The summed E-state index contributed by atoms with van der Waals surface area (Å²) >= 11 is 0. The molecule has 1 N–H and O–H groups in total. The van der Waals surface area contributed by atoms with E-state index in [1.807, 2.05) is 0 Å². The molecule has 1 rings (SSSR count). The number of nitrogens with zero attached hydrogens (tertiary/aromatic N) is 1. The maximum atomic E-state index is 11.9. The fraction of sp³-hybridized carbons (Fsp3) is 0.455. The Hall–Kier alpha value is -1.79. The van der Waals surface area contributed by atoms with E-state index >= 15 is 0 Å². The number of rotatable bonds is 4. The van der Waals surface area contributed by atoms with Gasteiger partial charge in [-0.1, -0.05) is 0 Å². The van der Waals surface area contributed by atoms with Crippen LogP contribution in [0.25, 0.3) is 0 Å². The van der Waals surface area contributed by atoms with Crippen molar-refractivity contribution < 1.29 is 22.7 Å². The van der Waals surface area contributed by atoms with Gasteiger partial charge in [0, 0.05) is 6.92 Å². The molecule has 1 amide bonds. The highest BCUT2D eigenvalue weighted by Crippen LogP contribution is 2.19. The van der Waals surface area contributed by atoms with Crippen LogP contribution < -0.4 is 10.1 Å². The third kappa shape index (κ3) is 5.03. The van der Waals surface area contributed by atoms with Gasteiger partial charge in [0.2, 0.25) is 5.91 Å². The Balaban J connectivity index is 2.60. The molecule has 0 saturated carbocycles. The zero-order chi connectivity index (χ0) is 13.8. The van der Waals surface area contributed by atoms with Crippen molar-refractivity contribution in [3.05, 3.63) is 24.0 Å². The Morgan fingerprint density at radius 2 is 2.17 bits per heavy atom. The quantitative estimate of drug-likeness (QED) is 0.905. The Bertz CT molecular complexity index is 404. The van der Waals surface area contributed by atoms with Crippen molar-refractivity contribution in [2.75, 3.05) is 6.61 Å². The van der Waals surface area contributed by atoms with Crippen molar-refractivity contribution in [2.24, 2.45) is 0 Å². The Morgan fingerprint density at radius 1 is 1.50 bits per heavy atom. The molecule has 1 aromatic heterocycles. The first-order valence-corrected chi connectivity index (χ1v) is 5.20. The van der Waals surface area contributed by atoms with E-state index in [2.05, 4.69) is 15.0 Å². The average Bonchev–Trinajstić information content (AvgIpc) is 2.25. The van der Waals surface area contributed by atoms with Crippen molar-refractivity contribution in [3.63, 3.8) is 0 Å². The molecule has 4 nitrogen and oxygen atoms in total. The van der Waals surface area contributed by atoms with Gasteiger partial charge in [-0.05, 0) is 19.1 Å². The van der Waals surface area contributed by atoms with E-state index in [1.54, 1.807) is 6.92 Å². The van der Waals surface area contributed by atoms with Crippen LogP contribution in [-0.2, 0) is 4.79 Å². The van der Waals surface area contributed by atoms with E-state index in [-0.39, 0.29) is 17.7 Å². The van der Waals surface area contributed by atoms with Crippen molar-refractivity contribution >= 4 is 5.91 Å². The zero-order valence-electron chi connectivity index (χ0n) is 9.91. The highest BCUT2D eigenvalue weighted by atomic mass is 19.4. The molecule has 0 aromatic carbocycles. The smallest absolute Gasteiger partial charge is 0.422 e. The largest absolute Gasteiger partial charge is 0.483 e. The van der Waals surface area contributed by atoms with Gasteiger partial charge in [-0.15, -0.1) is 0 Å². The van der Waals surface area contributed by atoms with Crippen LogP contribution >= 0.6 is 0 Å². The van der Waals surface area contributed by atoms with Crippen LogP contribution in [0.1, 0.15) is 25.6 Å². The van der Waals surface area contributed by atoms with Gasteiger partial charge in [0.1, 0.15) is 5.75 Å². The van der Waals surface area contributed by atoms with Gasteiger partial charge in [0.05, 0.1) is 17.9 Å². The van der Waals surface area contributed by atoms with Gasteiger partial charge >= 0.3 is 6.18 Å². The lowest BCUT2D eigenvalue weighted by Gasteiger charge is -2.13. The van der Waals surface area contributed by atoms with E-state index in [9.17, 15) is 18.0 Å². The summed E-state index contributed by atoms with van der Waals surface area (Å²) in [7, 11) is 0. The molecule has 7 heteroatoms. The highest BCUT2D eigenvalue weighted by molar-refractivity contribution is 5.73. The molecule has 0 aliphatic rings. The molecule has 100 valence electrons. The fourth-order valence-corrected chi connectivity index (χ4v) is 1.28. The van der Waals surface area contributed by atoms with E-state index in [0.717, 1.165) is 0 Å². The first kappa shape index (κ1) is 14.3. The number of hydrogen-bond donors (Lipinski definition) is 1. The number of hydrogen-bond acceptors (Lipinski definition) is 3. The number of pyridine rings is 1. The van der Waals surface area contributed by atoms with Crippen LogP contribution in [0, 0.1) is 0 Å². The lowest BCUT2D eigenvalue weighted by Crippen LogP contribution is -2.24. The Morgan fingerprint density at radius 3 is 2.61 bits per heavy atom. The Kier molecular flexibility index (Phi) is 4.52. The van der Waals surface area contributed by atoms with E-state index in [4.69, 9.17) is 0 Å². The number of amides is 1. The number of ether oxygens (including phenoxy) is 1. The standard InChI is InChI=1S/C11H13F3N2O2/c1-7(16-8(2)17)10-4-3-9(5-15-10)18-6-11(12,13)14/h3-5,7H,6H2,1-2H3,(H,16,17)/t7-/m1/s1. The van der Waals surface area contributed by atoms with Gasteiger partial charge in [-0.3, -0.25) is 9.78 Å². The monoisotopic (exact) mass is 262 g/mol. The topological polar surface area (TPSA) is 51.2 Å². The van der Waals surface area contributed by atoms with E-state index < -0.39 is 12.8 Å². The van der Waals surface area contributed by atoms with Gasteiger partial charge < -0.3 is 10.1 Å².